The summed E-state index contributed by atoms with van der Waals surface area (Å²) in [5.74, 6) is -2.69. The van der Waals surface area contributed by atoms with E-state index in [4.69, 9.17) is 12.2 Å². The Bertz CT molecular complexity index is 869. The smallest absolute Gasteiger partial charge is 0.378 e. The van der Waals surface area contributed by atoms with Crippen LogP contribution in [0, 0.1) is 5.92 Å². The summed E-state index contributed by atoms with van der Waals surface area (Å²) in [6.07, 6.45) is -5.13. The van der Waals surface area contributed by atoms with Gasteiger partial charge in [-0.25, -0.2) is 0 Å². The number of anilines is 1. The van der Waals surface area contributed by atoms with E-state index in [9.17, 15) is 23.1 Å². The van der Waals surface area contributed by atoms with Crippen LogP contribution < -0.4 is 15.5 Å². The van der Waals surface area contributed by atoms with Crippen molar-refractivity contribution in [3.05, 3.63) is 52.2 Å². The molecule has 1 aromatic heterocycles. The van der Waals surface area contributed by atoms with Crippen molar-refractivity contribution in [2.24, 2.45) is 5.92 Å². The molecule has 0 aliphatic carbocycles. The number of hydrogen-bond donors (Lipinski definition) is 3. The first-order valence-corrected chi connectivity index (χ1v) is 9.56. The van der Waals surface area contributed by atoms with E-state index >= 15 is 0 Å². The summed E-state index contributed by atoms with van der Waals surface area (Å²) in [6.45, 7) is 0. The largest absolute Gasteiger partial charge is 0.437 e. The molecule has 2 heterocycles. The fourth-order valence-corrected chi connectivity index (χ4v) is 4.16. The Balaban J connectivity index is 2.11. The number of benzene rings is 1. The second-order valence-electron chi connectivity index (χ2n) is 6.65. The highest BCUT2D eigenvalue weighted by atomic mass is 32.1. The third-order valence-corrected chi connectivity index (χ3v) is 5.73. The zero-order valence-electron chi connectivity index (χ0n) is 14.9. The van der Waals surface area contributed by atoms with E-state index in [0.717, 1.165) is 17.0 Å². The number of Topliss-reactive ketones (excluding diaryl/α,β-unsaturated/α-hetero) is 1. The number of thiophene rings is 1. The molecule has 1 saturated heterocycles. The number of carbonyl (C=O) groups excluding carboxylic acids is 1. The Morgan fingerprint density at radius 3 is 2.39 bits per heavy atom. The molecule has 3 N–H and O–H groups in total. The first-order chi connectivity index (χ1) is 13.0. The molecule has 1 aliphatic rings. The van der Waals surface area contributed by atoms with Gasteiger partial charge in [0.25, 0.3) is 0 Å². The number of thiocarbonyl (C=S) groups is 1. The van der Waals surface area contributed by atoms with E-state index in [1.807, 2.05) is 24.3 Å². The number of halogens is 3. The van der Waals surface area contributed by atoms with Gasteiger partial charge in [0.15, 0.2) is 10.9 Å². The molecule has 5 nitrogen and oxygen atoms in total. The molecule has 0 unspecified atom stereocenters. The maximum absolute atomic E-state index is 13.9. The van der Waals surface area contributed by atoms with E-state index in [-0.39, 0.29) is 9.99 Å². The third-order valence-electron chi connectivity index (χ3n) is 4.62. The Kier molecular flexibility index (Phi) is 5.39. The highest BCUT2D eigenvalue weighted by molar-refractivity contribution is 7.80. The normalized spacial score (nSPS) is 25.0. The molecule has 0 radical (unpaired) electrons. The summed E-state index contributed by atoms with van der Waals surface area (Å²) in [7, 11) is 3.66. The zero-order chi connectivity index (χ0) is 20.7. The van der Waals surface area contributed by atoms with Gasteiger partial charge < -0.3 is 20.6 Å². The number of alkyl halides is 3. The van der Waals surface area contributed by atoms with Crippen molar-refractivity contribution >= 4 is 40.1 Å². The molecule has 1 aliphatic heterocycles. The van der Waals surface area contributed by atoms with Crippen molar-refractivity contribution in [1.82, 2.24) is 10.6 Å². The van der Waals surface area contributed by atoms with Gasteiger partial charge in [-0.1, -0.05) is 18.2 Å². The number of ketones is 1. The average Bonchev–Trinajstić information content (AvgIpc) is 3.14. The highest BCUT2D eigenvalue weighted by Gasteiger charge is 2.65. The van der Waals surface area contributed by atoms with Gasteiger partial charge in [0, 0.05) is 19.8 Å². The molecule has 0 saturated carbocycles. The maximum Gasteiger partial charge on any atom is 0.437 e. The van der Waals surface area contributed by atoms with Crippen molar-refractivity contribution in [2.75, 3.05) is 19.0 Å². The van der Waals surface area contributed by atoms with Crippen LogP contribution in [0.1, 0.15) is 21.3 Å². The van der Waals surface area contributed by atoms with Crippen LogP contribution in [-0.2, 0) is 0 Å². The van der Waals surface area contributed by atoms with Crippen LogP contribution >= 0.6 is 23.6 Å². The third kappa shape index (κ3) is 3.59. The lowest BCUT2D eigenvalue weighted by atomic mass is 9.78. The number of nitrogens with one attached hydrogen (secondary N) is 2. The van der Waals surface area contributed by atoms with Gasteiger partial charge in [0.05, 0.1) is 10.9 Å². The number of carbonyl (C=O) groups is 1. The molecule has 0 amide bonds. The fraction of sp³-hybridized carbons (Fsp3) is 0.333. The molecule has 1 aromatic carbocycles. The number of aliphatic hydroxyl groups is 1. The molecule has 28 heavy (non-hydrogen) atoms. The van der Waals surface area contributed by atoms with Gasteiger partial charge in [0.1, 0.15) is 5.92 Å². The second-order valence-corrected chi connectivity index (χ2v) is 8.00. The van der Waals surface area contributed by atoms with Crippen molar-refractivity contribution < 1.29 is 23.1 Å². The van der Waals surface area contributed by atoms with Crippen molar-refractivity contribution in [3.8, 4) is 0 Å². The van der Waals surface area contributed by atoms with Crippen LogP contribution in [0.15, 0.2) is 41.8 Å². The van der Waals surface area contributed by atoms with Crippen LogP contribution in [0.5, 0.6) is 0 Å². The second kappa shape index (κ2) is 7.34. The molecule has 0 spiro atoms. The predicted molar refractivity (Wildman–Crippen MR) is 106 cm³/mol. The maximum atomic E-state index is 13.9. The van der Waals surface area contributed by atoms with Crippen molar-refractivity contribution in [2.45, 2.75) is 17.9 Å². The lowest BCUT2D eigenvalue weighted by Gasteiger charge is -2.46. The van der Waals surface area contributed by atoms with Crippen LogP contribution in [0.25, 0.3) is 0 Å². The summed E-state index contributed by atoms with van der Waals surface area (Å²) in [6, 6.07) is 8.52. The molecule has 3 atom stereocenters. The van der Waals surface area contributed by atoms with E-state index in [1.54, 1.807) is 35.7 Å². The molecule has 3 rings (SSSR count). The van der Waals surface area contributed by atoms with Gasteiger partial charge in [-0.3, -0.25) is 4.79 Å². The summed E-state index contributed by atoms with van der Waals surface area (Å²) >= 11 is 5.93. The molecule has 150 valence electrons. The standard InChI is InChI=1S/C18H18F3N3O2S2/c1-24(2)11-7-5-10(6-8-11)14-13(15(25)12-4-3-9-28-12)17(26,18(19,20)21)23-16(27)22-14/h3-9,13-14,26H,1-2H3,(H2,22,23,27)/t13-,14+,17-/m1/s1. The summed E-state index contributed by atoms with van der Waals surface area (Å²) in [5, 5.41) is 16.4. The van der Waals surface area contributed by atoms with Gasteiger partial charge in [-0.05, 0) is 41.4 Å². The highest BCUT2D eigenvalue weighted by Crippen LogP contribution is 2.44. The molecule has 1 fully saturated rings. The summed E-state index contributed by atoms with van der Waals surface area (Å²) in [4.78, 5) is 15.0. The lowest BCUT2D eigenvalue weighted by molar-refractivity contribution is -0.285. The minimum Gasteiger partial charge on any atom is -0.378 e. The quantitative estimate of drug-likeness (QED) is 0.513. The average molecular weight is 429 g/mol. The van der Waals surface area contributed by atoms with Crippen LogP contribution in [0.2, 0.25) is 0 Å². The van der Waals surface area contributed by atoms with Crippen LogP contribution in [0.4, 0.5) is 18.9 Å². The topological polar surface area (TPSA) is 64.6 Å². The van der Waals surface area contributed by atoms with E-state index in [0.29, 0.717) is 5.56 Å². The minimum absolute atomic E-state index is 0.124. The number of rotatable bonds is 4. The summed E-state index contributed by atoms with van der Waals surface area (Å²) in [5.41, 5.74) is -2.25. The van der Waals surface area contributed by atoms with Gasteiger partial charge in [-0.15, -0.1) is 11.3 Å². The van der Waals surface area contributed by atoms with Crippen molar-refractivity contribution in [3.63, 3.8) is 0 Å². The SMILES string of the molecule is CN(C)c1ccc([C@@H]2NC(=S)N[C@](O)(C(F)(F)F)[C@H]2C(=O)c2cccs2)cc1. The molecule has 0 bridgehead atoms. The molecular formula is C18H18F3N3O2S2. The van der Waals surface area contributed by atoms with Gasteiger partial charge in [-0.2, -0.15) is 13.2 Å². The van der Waals surface area contributed by atoms with Crippen LogP contribution in [-0.4, -0.2) is 42.0 Å². The van der Waals surface area contributed by atoms with Gasteiger partial charge >= 0.3 is 6.18 Å². The molecule has 10 heteroatoms. The summed E-state index contributed by atoms with van der Waals surface area (Å²) < 4.78 is 41.6. The van der Waals surface area contributed by atoms with E-state index in [1.165, 1.54) is 6.07 Å². The molecule has 2 aromatic rings. The zero-order valence-corrected chi connectivity index (χ0v) is 16.6. The minimum atomic E-state index is -5.13. The Labute approximate surface area is 169 Å². The fourth-order valence-electron chi connectivity index (χ4n) is 3.17. The predicted octanol–water partition coefficient (Wildman–Crippen LogP) is 3.08. The number of hydrogen-bond acceptors (Lipinski definition) is 5. The monoisotopic (exact) mass is 429 g/mol. The number of nitrogens with zero attached hydrogens (tertiary/aromatic N) is 1. The molecular weight excluding hydrogens is 411 g/mol. The van der Waals surface area contributed by atoms with Crippen molar-refractivity contribution in [1.29, 1.82) is 0 Å². The first-order valence-electron chi connectivity index (χ1n) is 8.27. The van der Waals surface area contributed by atoms with Gasteiger partial charge in [0.2, 0.25) is 5.72 Å². The van der Waals surface area contributed by atoms with Crippen LogP contribution in [0.3, 0.4) is 0 Å². The lowest BCUT2D eigenvalue weighted by Crippen LogP contribution is -2.72. The van der Waals surface area contributed by atoms with E-state index < -0.39 is 29.6 Å². The van der Waals surface area contributed by atoms with E-state index in [2.05, 4.69) is 5.32 Å². The first kappa shape index (κ1) is 20.6. The Morgan fingerprint density at radius 2 is 1.89 bits per heavy atom. The Hall–Kier alpha value is -2.17. The Morgan fingerprint density at radius 1 is 1.25 bits per heavy atom.